The van der Waals surface area contributed by atoms with Crippen LogP contribution in [0.4, 0.5) is 10.5 Å². The first-order valence-electron chi connectivity index (χ1n) is 2.70. The molecule has 0 radical (unpaired) electrons. The predicted octanol–water partition coefficient (Wildman–Crippen LogP) is 0.0824. The molecule has 0 aliphatic carbocycles. The van der Waals surface area contributed by atoms with Gasteiger partial charge in [0, 0.05) is 6.07 Å². The maximum Gasteiger partial charge on any atom is 0.599 e. The zero-order valence-corrected chi connectivity index (χ0v) is 5.19. The molecule has 1 aromatic heterocycles. The lowest BCUT2D eigenvalue weighted by Gasteiger charge is -1.87. The van der Waals surface area contributed by atoms with Crippen molar-refractivity contribution < 1.29 is 14.5 Å². The number of nitrogen functional groups attached to an aromatic ring is 1. The Morgan fingerprint density at radius 2 is 2.40 bits per heavy atom. The van der Waals surface area contributed by atoms with Crippen LogP contribution >= 0.6 is 0 Å². The molecule has 0 saturated carbocycles. The Labute approximate surface area is 57.5 Å². The maximum atomic E-state index is 10.3. The maximum absolute atomic E-state index is 10.3. The number of pyridine rings is 1. The zero-order chi connectivity index (χ0) is 7.56. The Morgan fingerprint density at radius 1 is 1.70 bits per heavy atom. The number of carbonyl (C=O) groups is 1. The van der Waals surface area contributed by atoms with Crippen molar-refractivity contribution >= 4 is 11.8 Å². The minimum Gasteiger partial charge on any atom is -0.427 e. The molecule has 0 atom stereocenters. The summed E-state index contributed by atoms with van der Waals surface area (Å²) in [5.74, 6) is 0. The van der Waals surface area contributed by atoms with Crippen molar-refractivity contribution in [1.29, 1.82) is 0 Å². The fraction of sp³-hybridized carbons (Fsp3) is 0. The SMILES string of the molecule is Nc1ccc[n+](C(=O)O)c1. The molecule has 0 fully saturated rings. The molecule has 0 bridgehead atoms. The van der Waals surface area contributed by atoms with Crippen LogP contribution in [0, 0.1) is 0 Å². The quantitative estimate of drug-likeness (QED) is 0.500. The highest BCUT2D eigenvalue weighted by molar-refractivity contribution is 5.54. The molecule has 1 aromatic rings. The van der Waals surface area contributed by atoms with Crippen molar-refractivity contribution in [3.8, 4) is 0 Å². The Hall–Kier alpha value is -1.58. The van der Waals surface area contributed by atoms with Crippen LogP contribution in [0.2, 0.25) is 0 Å². The van der Waals surface area contributed by atoms with Crippen molar-refractivity contribution in [1.82, 2.24) is 0 Å². The van der Waals surface area contributed by atoms with Gasteiger partial charge in [0.2, 0.25) is 6.20 Å². The minimum atomic E-state index is -1.03. The molecule has 1 heterocycles. The van der Waals surface area contributed by atoms with Gasteiger partial charge in [-0.25, -0.2) is 0 Å². The summed E-state index contributed by atoms with van der Waals surface area (Å²) in [6.07, 6.45) is 1.72. The van der Waals surface area contributed by atoms with Crippen LogP contribution in [0.25, 0.3) is 0 Å². The number of hydrogen-bond acceptors (Lipinski definition) is 2. The summed E-state index contributed by atoms with van der Waals surface area (Å²) >= 11 is 0. The van der Waals surface area contributed by atoms with Gasteiger partial charge in [0.05, 0.1) is 5.69 Å². The molecule has 0 aromatic carbocycles. The van der Waals surface area contributed by atoms with Gasteiger partial charge in [0.15, 0.2) is 6.20 Å². The normalized spacial score (nSPS) is 9.20. The highest BCUT2D eigenvalue weighted by Gasteiger charge is 2.09. The summed E-state index contributed by atoms with van der Waals surface area (Å²) in [6.45, 7) is 0. The number of carboxylic acid groups (broad SMARTS) is 1. The standard InChI is InChI=1S/C6H6N2O2/c7-5-2-1-3-8(4-5)6(9)10/h1-4H,7H2/p+1. The van der Waals surface area contributed by atoms with Crippen LogP contribution in [0.5, 0.6) is 0 Å². The molecule has 0 spiro atoms. The van der Waals surface area contributed by atoms with Gasteiger partial charge >= 0.3 is 6.09 Å². The molecule has 52 valence electrons. The Morgan fingerprint density at radius 3 is 2.80 bits per heavy atom. The second kappa shape index (κ2) is 2.34. The molecule has 10 heavy (non-hydrogen) atoms. The number of rotatable bonds is 0. The smallest absolute Gasteiger partial charge is 0.427 e. The van der Waals surface area contributed by atoms with Crippen LogP contribution < -0.4 is 10.3 Å². The van der Waals surface area contributed by atoms with Crippen LogP contribution in [0.3, 0.4) is 0 Å². The highest BCUT2D eigenvalue weighted by Crippen LogP contribution is 1.91. The van der Waals surface area contributed by atoms with E-state index in [1.807, 2.05) is 0 Å². The predicted molar refractivity (Wildman–Crippen MR) is 34.5 cm³/mol. The Kier molecular flexibility index (Phi) is 1.53. The molecular weight excluding hydrogens is 132 g/mol. The second-order valence-electron chi connectivity index (χ2n) is 1.83. The van der Waals surface area contributed by atoms with Gasteiger partial charge in [0.1, 0.15) is 0 Å². The molecule has 4 heteroatoms. The van der Waals surface area contributed by atoms with Crippen molar-refractivity contribution in [3.05, 3.63) is 24.5 Å². The van der Waals surface area contributed by atoms with E-state index in [9.17, 15) is 4.79 Å². The van der Waals surface area contributed by atoms with Gasteiger partial charge in [-0.3, -0.25) is 0 Å². The number of anilines is 1. The summed E-state index contributed by atoms with van der Waals surface area (Å²) in [4.78, 5) is 10.3. The third-order valence-electron chi connectivity index (χ3n) is 1.04. The van der Waals surface area contributed by atoms with E-state index >= 15 is 0 Å². The van der Waals surface area contributed by atoms with Gasteiger partial charge < -0.3 is 10.8 Å². The van der Waals surface area contributed by atoms with Crippen molar-refractivity contribution in [2.24, 2.45) is 0 Å². The molecule has 0 saturated heterocycles. The summed E-state index contributed by atoms with van der Waals surface area (Å²) in [5, 5.41) is 8.42. The van der Waals surface area contributed by atoms with Gasteiger partial charge in [-0.2, -0.15) is 4.79 Å². The van der Waals surface area contributed by atoms with Crippen molar-refractivity contribution in [2.45, 2.75) is 0 Å². The summed E-state index contributed by atoms with van der Waals surface area (Å²) in [5.41, 5.74) is 5.75. The van der Waals surface area contributed by atoms with E-state index in [0.29, 0.717) is 5.69 Å². The Balaban J connectivity index is 3.07. The second-order valence-corrected chi connectivity index (χ2v) is 1.83. The molecular formula is C6H7N2O2+. The molecule has 0 aliphatic rings. The van der Waals surface area contributed by atoms with Gasteiger partial charge in [-0.05, 0) is 6.07 Å². The number of nitrogens with two attached hydrogens (primary N) is 1. The molecule has 3 N–H and O–H groups in total. The summed E-state index contributed by atoms with van der Waals surface area (Å²) in [6, 6.07) is 3.20. The van der Waals surface area contributed by atoms with Crippen LogP contribution in [0.1, 0.15) is 0 Å². The van der Waals surface area contributed by atoms with Crippen LogP contribution in [-0.4, -0.2) is 11.2 Å². The van der Waals surface area contributed by atoms with Crippen molar-refractivity contribution in [3.63, 3.8) is 0 Å². The largest absolute Gasteiger partial charge is 0.599 e. The topological polar surface area (TPSA) is 67.2 Å². The van der Waals surface area contributed by atoms with Crippen LogP contribution in [0.15, 0.2) is 24.5 Å². The molecule has 1 rings (SSSR count). The fourth-order valence-corrected chi connectivity index (χ4v) is 0.613. The first-order valence-corrected chi connectivity index (χ1v) is 2.70. The highest BCUT2D eigenvalue weighted by atomic mass is 16.4. The third kappa shape index (κ3) is 1.22. The number of aromatic nitrogens is 1. The first kappa shape index (κ1) is 6.54. The van der Waals surface area contributed by atoms with Gasteiger partial charge in [-0.15, -0.1) is 0 Å². The molecule has 0 aliphatic heterocycles. The molecule has 4 nitrogen and oxygen atoms in total. The molecule has 0 unspecified atom stereocenters. The average Bonchev–Trinajstić information content (AvgIpc) is 1.88. The number of nitrogens with zero attached hydrogens (tertiary/aromatic N) is 1. The fourth-order valence-electron chi connectivity index (χ4n) is 0.613. The monoisotopic (exact) mass is 139 g/mol. The van der Waals surface area contributed by atoms with Gasteiger partial charge in [-0.1, -0.05) is 4.57 Å². The van der Waals surface area contributed by atoms with E-state index < -0.39 is 6.09 Å². The van der Waals surface area contributed by atoms with E-state index in [4.69, 9.17) is 10.8 Å². The van der Waals surface area contributed by atoms with E-state index in [-0.39, 0.29) is 0 Å². The van der Waals surface area contributed by atoms with E-state index in [2.05, 4.69) is 0 Å². The Bertz CT molecular complexity index is 260. The lowest BCUT2D eigenvalue weighted by atomic mass is 10.4. The zero-order valence-electron chi connectivity index (χ0n) is 5.19. The lowest BCUT2D eigenvalue weighted by Crippen LogP contribution is -2.40. The van der Waals surface area contributed by atoms with Crippen molar-refractivity contribution in [2.75, 3.05) is 5.73 Å². The van der Waals surface area contributed by atoms with Crippen LogP contribution in [-0.2, 0) is 0 Å². The van der Waals surface area contributed by atoms with E-state index in [1.54, 1.807) is 12.1 Å². The van der Waals surface area contributed by atoms with E-state index in [0.717, 1.165) is 4.57 Å². The molecule has 0 amide bonds. The first-order chi connectivity index (χ1) is 4.70. The average molecular weight is 139 g/mol. The lowest BCUT2D eigenvalue weighted by molar-refractivity contribution is -0.583. The summed E-state index contributed by atoms with van der Waals surface area (Å²) in [7, 11) is 0. The number of hydrogen-bond donors (Lipinski definition) is 2. The van der Waals surface area contributed by atoms with E-state index in [1.165, 1.54) is 12.4 Å². The van der Waals surface area contributed by atoms with Gasteiger partial charge in [0.25, 0.3) is 0 Å². The minimum absolute atomic E-state index is 0.435. The summed E-state index contributed by atoms with van der Waals surface area (Å²) < 4.78 is 0.995. The third-order valence-corrected chi connectivity index (χ3v) is 1.04.